The summed E-state index contributed by atoms with van der Waals surface area (Å²) in [5, 5.41) is 0. The summed E-state index contributed by atoms with van der Waals surface area (Å²) in [5.74, 6) is -0.787. The van der Waals surface area contributed by atoms with Crippen LogP contribution in [0.15, 0.2) is 36.0 Å². The van der Waals surface area contributed by atoms with Gasteiger partial charge in [0.1, 0.15) is 0 Å². The van der Waals surface area contributed by atoms with Crippen LogP contribution in [0.1, 0.15) is 6.92 Å². The maximum absolute atomic E-state index is 11.3. The highest BCUT2D eigenvalue weighted by Gasteiger charge is 2.35. The Morgan fingerprint density at radius 3 is 2.31 bits per heavy atom. The standard InChI is InChI=1S/C9H9NO2S/c1-3-5-7-6(4-2)8(11)10(13)9(7)12/h3-5,13H,1H2,2H3/b6-4+,7-5+. The fraction of sp³-hybridized carbons (Fsp3) is 0.111. The molecule has 1 rings (SSSR count). The minimum Gasteiger partial charge on any atom is -0.268 e. The minimum absolute atomic E-state index is 0.345. The highest BCUT2D eigenvalue weighted by Crippen LogP contribution is 2.25. The summed E-state index contributed by atoms with van der Waals surface area (Å²) in [4.78, 5) is 22.7. The molecule has 0 unspecified atom stereocenters. The Labute approximate surface area is 82.0 Å². The Kier molecular flexibility index (Phi) is 2.72. The van der Waals surface area contributed by atoms with E-state index in [2.05, 4.69) is 19.4 Å². The minimum atomic E-state index is -0.402. The van der Waals surface area contributed by atoms with Gasteiger partial charge in [0.2, 0.25) is 0 Å². The largest absolute Gasteiger partial charge is 0.271 e. The van der Waals surface area contributed by atoms with E-state index in [1.807, 2.05) is 0 Å². The predicted octanol–water partition coefficient (Wildman–Crippen LogP) is 1.26. The number of imide groups is 1. The Morgan fingerprint density at radius 1 is 1.31 bits per heavy atom. The zero-order valence-electron chi connectivity index (χ0n) is 7.15. The molecule has 0 aromatic carbocycles. The van der Waals surface area contributed by atoms with Gasteiger partial charge in [-0.25, -0.2) is 4.31 Å². The second kappa shape index (κ2) is 3.62. The van der Waals surface area contributed by atoms with Gasteiger partial charge in [0.15, 0.2) is 0 Å². The van der Waals surface area contributed by atoms with Crippen molar-refractivity contribution in [1.29, 1.82) is 0 Å². The topological polar surface area (TPSA) is 37.4 Å². The van der Waals surface area contributed by atoms with Crippen LogP contribution in [-0.4, -0.2) is 16.1 Å². The number of amides is 2. The molecule has 13 heavy (non-hydrogen) atoms. The SMILES string of the molecule is C=C/C=C1/C(=O)N(S)C(=O)/C1=C/C. The Morgan fingerprint density at radius 2 is 1.85 bits per heavy atom. The van der Waals surface area contributed by atoms with Crippen molar-refractivity contribution in [2.45, 2.75) is 6.92 Å². The van der Waals surface area contributed by atoms with Gasteiger partial charge >= 0.3 is 0 Å². The first kappa shape index (κ1) is 9.80. The summed E-state index contributed by atoms with van der Waals surface area (Å²) >= 11 is 3.77. The van der Waals surface area contributed by atoms with Gasteiger partial charge in [-0.2, -0.15) is 0 Å². The Bertz CT molecular complexity index is 342. The second-order valence-corrected chi connectivity index (χ2v) is 2.84. The molecule has 4 heteroatoms. The van der Waals surface area contributed by atoms with E-state index in [0.717, 1.165) is 4.31 Å². The molecule has 0 aliphatic carbocycles. The van der Waals surface area contributed by atoms with Crippen molar-refractivity contribution in [2.75, 3.05) is 0 Å². The summed E-state index contributed by atoms with van der Waals surface area (Å²) in [6.45, 7) is 5.17. The molecular formula is C9H9NO2S. The molecule has 0 N–H and O–H groups in total. The van der Waals surface area contributed by atoms with E-state index in [0.29, 0.717) is 11.1 Å². The van der Waals surface area contributed by atoms with Crippen LogP contribution in [0.2, 0.25) is 0 Å². The number of hydrogen-bond donors (Lipinski definition) is 1. The van der Waals surface area contributed by atoms with E-state index in [9.17, 15) is 9.59 Å². The Balaban J connectivity index is 3.24. The van der Waals surface area contributed by atoms with Crippen molar-refractivity contribution in [2.24, 2.45) is 0 Å². The van der Waals surface area contributed by atoms with Gasteiger partial charge in [0.05, 0.1) is 5.57 Å². The summed E-state index contributed by atoms with van der Waals surface area (Å²) < 4.78 is 0.796. The first-order valence-corrected chi connectivity index (χ1v) is 4.10. The molecule has 3 nitrogen and oxygen atoms in total. The number of carbonyl (C=O) groups is 2. The molecular weight excluding hydrogens is 186 g/mol. The molecule has 1 heterocycles. The van der Waals surface area contributed by atoms with Crippen LogP contribution in [0.4, 0.5) is 0 Å². The maximum Gasteiger partial charge on any atom is 0.271 e. The van der Waals surface area contributed by atoms with E-state index in [4.69, 9.17) is 0 Å². The van der Waals surface area contributed by atoms with Crippen molar-refractivity contribution >= 4 is 24.6 Å². The van der Waals surface area contributed by atoms with Crippen LogP contribution in [0, 0.1) is 0 Å². The molecule has 1 saturated heterocycles. The summed E-state index contributed by atoms with van der Waals surface area (Å²) in [6, 6.07) is 0. The molecule has 0 bridgehead atoms. The lowest BCUT2D eigenvalue weighted by atomic mass is 10.1. The van der Waals surface area contributed by atoms with E-state index in [1.54, 1.807) is 13.0 Å². The molecule has 1 aliphatic heterocycles. The molecule has 2 amide bonds. The van der Waals surface area contributed by atoms with Crippen LogP contribution in [0.3, 0.4) is 0 Å². The highest BCUT2D eigenvalue weighted by molar-refractivity contribution is 7.79. The molecule has 0 atom stereocenters. The highest BCUT2D eigenvalue weighted by atomic mass is 32.1. The van der Waals surface area contributed by atoms with Crippen molar-refractivity contribution in [3.8, 4) is 0 Å². The van der Waals surface area contributed by atoms with Gasteiger partial charge < -0.3 is 0 Å². The fourth-order valence-electron chi connectivity index (χ4n) is 1.11. The van der Waals surface area contributed by atoms with Crippen molar-refractivity contribution in [3.63, 3.8) is 0 Å². The number of thiol groups is 1. The number of hydrogen-bond acceptors (Lipinski definition) is 3. The van der Waals surface area contributed by atoms with Crippen molar-refractivity contribution in [1.82, 2.24) is 4.31 Å². The third-order valence-electron chi connectivity index (χ3n) is 1.71. The van der Waals surface area contributed by atoms with Crippen LogP contribution in [0.25, 0.3) is 0 Å². The molecule has 1 aliphatic rings. The van der Waals surface area contributed by atoms with Crippen LogP contribution < -0.4 is 0 Å². The number of carbonyl (C=O) groups excluding carboxylic acids is 2. The van der Waals surface area contributed by atoms with Gasteiger partial charge in [0.25, 0.3) is 11.8 Å². The molecule has 1 fully saturated rings. The quantitative estimate of drug-likeness (QED) is 0.388. The third-order valence-corrected chi connectivity index (χ3v) is 2.07. The summed E-state index contributed by atoms with van der Waals surface area (Å²) in [7, 11) is 0. The van der Waals surface area contributed by atoms with Gasteiger partial charge in [-0.05, 0) is 13.0 Å². The smallest absolute Gasteiger partial charge is 0.268 e. The first-order valence-electron chi connectivity index (χ1n) is 3.70. The van der Waals surface area contributed by atoms with Crippen molar-refractivity contribution in [3.05, 3.63) is 36.0 Å². The lowest BCUT2D eigenvalue weighted by Crippen LogP contribution is -2.18. The molecule has 68 valence electrons. The van der Waals surface area contributed by atoms with Gasteiger partial charge in [-0.1, -0.05) is 31.5 Å². The summed E-state index contributed by atoms with van der Waals surface area (Å²) in [6.07, 6.45) is 4.56. The molecule has 0 radical (unpaired) electrons. The maximum atomic E-state index is 11.3. The van der Waals surface area contributed by atoms with Crippen LogP contribution >= 0.6 is 12.8 Å². The van der Waals surface area contributed by atoms with Gasteiger partial charge in [-0.3, -0.25) is 9.59 Å². The van der Waals surface area contributed by atoms with Gasteiger partial charge in [0, 0.05) is 5.57 Å². The van der Waals surface area contributed by atoms with E-state index in [-0.39, 0.29) is 5.91 Å². The zero-order valence-corrected chi connectivity index (χ0v) is 8.04. The average molecular weight is 195 g/mol. The van der Waals surface area contributed by atoms with E-state index >= 15 is 0 Å². The van der Waals surface area contributed by atoms with Crippen LogP contribution in [-0.2, 0) is 9.59 Å². The number of nitrogens with zero attached hydrogens (tertiary/aromatic N) is 1. The van der Waals surface area contributed by atoms with E-state index < -0.39 is 5.91 Å². The molecule has 0 spiro atoms. The summed E-state index contributed by atoms with van der Waals surface area (Å²) in [5.41, 5.74) is 0.720. The normalized spacial score (nSPS) is 23.4. The lowest BCUT2D eigenvalue weighted by Gasteiger charge is -1.99. The molecule has 0 saturated carbocycles. The third kappa shape index (κ3) is 1.45. The average Bonchev–Trinajstić information content (AvgIpc) is 2.32. The predicted molar refractivity (Wildman–Crippen MR) is 52.9 cm³/mol. The zero-order chi connectivity index (χ0) is 10.0. The van der Waals surface area contributed by atoms with Crippen LogP contribution in [0.5, 0.6) is 0 Å². The fourth-order valence-corrected chi connectivity index (χ4v) is 1.32. The lowest BCUT2D eigenvalue weighted by molar-refractivity contribution is -0.130. The molecule has 0 aromatic heterocycles. The number of allylic oxidation sites excluding steroid dienone is 3. The number of rotatable bonds is 1. The Hall–Kier alpha value is -1.29. The monoisotopic (exact) mass is 195 g/mol. The van der Waals surface area contributed by atoms with Crippen molar-refractivity contribution < 1.29 is 9.59 Å². The molecule has 0 aromatic rings. The van der Waals surface area contributed by atoms with E-state index in [1.165, 1.54) is 12.2 Å². The second-order valence-electron chi connectivity index (χ2n) is 2.44. The van der Waals surface area contributed by atoms with Gasteiger partial charge in [-0.15, -0.1) is 0 Å². The first-order chi connectivity index (χ1) is 6.13.